The molecule has 0 bridgehead atoms. The van der Waals surface area contributed by atoms with Crippen LogP contribution in [-0.2, 0) is 41.5 Å². The maximum atomic E-state index is 13.2. The van der Waals surface area contributed by atoms with Crippen LogP contribution in [0.25, 0.3) is 22.2 Å². The Hall–Kier alpha value is -3.96. The zero-order valence-corrected chi connectivity index (χ0v) is 26.3. The first kappa shape index (κ1) is 30.1. The lowest BCUT2D eigenvalue weighted by Crippen LogP contribution is -2.71. The Balaban J connectivity index is 1.10. The van der Waals surface area contributed by atoms with Crippen LogP contribution in [0.3, 0.4) is 0 Å². The SMILES string of the molecule is CC(=O)OCC1=C(C(=O)OC(C)(C)C)N2C(=O)C(NC(=O)COc3ccc4c(c3)CCc3c-4[nH]c4ccc(Cl)cc34)C2SC1. The largest absolute Gasteiger partial charge is 0.484 e. The van der Waals surface area contributed by atoms with Crippen molar-refractivity contribution in [3.63, 3.8) is 0 Å². The van der Waals surface area contributed by atoms with Gasteiger partial charge in [0.2, 0.25) is 0 Å². The molecule has 2 N–H and O–H groups in total. The topological polar surface area (TPSA) is 127 Å². The number of aromatic nitrogens is 1. The van der Waals surface area contributed by atoms with Gasteiger partial charge in [-0.3, -0.25) is 19.3 Å². The number of β-lactam (4-membered cyclic amide) rings is 1. The number of nitrogens with one attached hydrogen (secondary N) is 2. The predicted molar refractivity (Wildman–Crippen MR) is 166 cm³/mol. The Bertz CT molecular complexity index is 1740. The van der Waals surface area contributed by atoms with Crippen molar-refractivity contribution in [2.45, 2.75) is 57.6 Å². The van der Waals surface area contributed by atoms with E-state index in [1.165, 1.54) is 29.1 Å². The Morgan fingerprint density at radius 1 is 1.14 bits per heavy atom. The molecule has 2 unspecified atom stereocenters. The molecule has 2 atom stereocenters. The van der Waals surface area contributed by atoms with Crippen LogP contribution in [0.15, 0.2) is 47.7 Å². The summed E-state index contributed by atoms with van der Waals surface area (Å²) < 4.78 is 16.5. The first-order valence-electron chi connectivity index (χ1n) is 14.3. The lowest BCUT2D eigenvalue weighted by atomic mass is 9.89. The number of thioether (sulfide) groups is 1. The summed E-state index contributed by atoms with van der Waals surface area (Å²) in [7, 11) is 0. The number of carbonyl (C=O) groups is 4. The molecule has 3 heterocycles. The highest BCUT2D eigenvalue weighted by Crippen LogP contribution is 2.42. The third kappa shape index (κ3) is 5.78. The molecule has 3 aliphatic rings. The van der Waals surface area contributed by atoms with Gasteiger partial charge in [-0.25, -0.2) is 4.79 Å². The number of esters is 2. The fourth-order valence-corrected chi connectivity index (χ4v) is 7.24. The standard InChI is InChI=1S/C32H32ClN3O7S/c1-16(37)41-13-18-15-44-30-27(29(39)36(30)28(18)31(40)43-32(2,3)4)35-25(38)14-42-20-7-9-21-17(11-20)5-8-22-23-12-19(33)6-10-24(23)34-26(21)22/h6-7,9-12,27,30,34H,5,8,13-15H2,1-4H3,(H,35,38). The smallest absolute Gasteiger partial charge is 0.355 e. The molecule has 1 aromatic heterocycles. The summed E-state index contributed by atoms with van der Waals surface area (Å²) in [4.78, 5) is 55.4. The average Bonchev–Trinajstić information content (AvgIpc) is 3.34. The molecule has 0 radical (unpaired) electrons. The van der Waals surface area contributed by atoms with E-state index in [9.17, 15) is 19.2 Å². The number of H-pyrrole nitrogens is 1. The molecule has 44 heavy (non-hydrogen) atoms. The number of rotatable bonds is 7. The maximum absolute atomic E-state index is 13.2. The van der Waals surface area contributed by atoms with Crippen LogP contribution in [0, 0.1) is 0 Å². The molecule has 0 saturated carbocycles. The monoisotopic (exact) mass is 637 g/mol. The van der Waals surface area contributed by atoms with E-state index in [4.69, 9.17) is 25.8 Å². The second-order valence-corrected chi connectivity index (χ2v) is 13.5. The summed E-state index contributed by atoms with van der Waals surface area (Å²) in [5.74, 6) is -1.19. The molecule has 2 aromatic carbocycles. The number of halogens is 1. The molecule has 10 nitrogen and oxygen atoms in total. The van der Waals surface area contributed by atoms with Crippen molar-refractivity contribution in [1.82, 2.24) is 15.2 Å². The first-order chi connectivity index (χ1) is 20.9. The van der Waals surface area contributed by atoms with Crippen LogP contribution in [-0.4, -0.2) is 69.6 Å². The number of fused-ring (bicyclic) bond motifs is 6. The highest BCUT2D eigenvalue weighted by molar-refractivity contribution is 8.00. The quantitative estimate of drug-likeness (QED) is 0.286. The number of hydrogen-bond donors (Lipinski definition) is 2. The van der Waals surface area contributed by atoms with E-state index < -0.39 is 40.8 Å². The predicted octanol–water partition coefficient (Wildman–Crippen LogP) is 4.52. The molecule has 6 rings (SSSR count). The molecule has 0 spiro atoms. The fraction of sp³-hybridized carbons (Fsp3) is 0.375. The summed E-state index contributed by atoms with van der Waals surface area (Å²) in [6.07, 6.45) is 1.68. The van der Waals surface area contributed by atoms with Gasteiger partial charge in [-0.15, -0.1) is 11.8 Å². The Morgan fingerprint density at radius 2 is 1.93 bits per heavy atom. The molecule has 230 valence electrons. The van der Waals surface area contributed by atoms with E-state index in [0.29, 0.717) is 22.1 Å². The summed E-state index contributed by atoms with van der Waals surface area (Å²) in [6, 6.07) is 10.8. The van der Waals surface area contributed by atoms with Gasteiger partial charge in [0.25, 0.3) is 11.8 Å². The van der Waals surface area contributed by atoms with Gasteiger partial charge < -0.3 is 24.5 Å². The third-order valence-corrected chi connectivity index (χ3v) is 9.21. The fourth-order valence-electron chi connectivity index (χ4n) is 5.74. The number of benzene rings is 2. The van der Waals surface area contributed by atoms with Crippen molar-refractivity contribution < 1.29 is 33.4 Å². The Kier molecular flexibility index (Phi) is 7.87. The van der Waals surface area contributed by atoms with Crippen LogP contribution in [0.5, 0.6) is 5.75 Å². The molecule has 2 amide bonds. The Morgan fingerprint density at radius 3 is 2.68 bits per heavy atom. The van der Waals surface area contributed by atoms with Crippen LogP contribution in [0.1, 0.15) is 38.8 Å². The van der Waals surface area contributed by atoms with Crippen molar-refractivity contribution in [1.29, 1.82) is 0 Å². The van der Waals surface area contributed by atoms with Gasteiger partial charge in [-0.05, 0) is 81.1 Å². The average molecular weight is 638 g/mol. The van der Waals surface area contributed by atoms with Crippen molar-refractivity contribution in [3.05, 3.63) is 63.8 Å². The van der Waals surface area contributed by atoms with Crippen molar-refractivity contribution in [2.75, 3.05) is 19.0 Å². The van der Waals surface area contributed by atoms with Crippen LogP contribution in [0.2, 0.25) is 5.02 Å². The second-order valence-electron chi connectivity index (χ2n) is 12.0. The van der Waals surface area contributed by atoms with Crippen LogP contribution < -0.4 is 10.1 Å². The van der Waals surface area contributed by atoms with Crippen LogP contribution in [0.4, 0.5) is 0 Å². The van der Waals surface area contributed by atoms with Gasteiger partial charge in [-0.1, -0.05) is 11.6 Å². The van der Waals surface area contributed by atoms with Gasteiger partial charge in [0.1, 0.15) is 35.1 Å². The number of hydrogen-bond acceptors (Lipinski definition) is 8. The lowest BCUT2D eigenvalue weighted by molar-refractivity contribution is -0.159. The molecule has 2 aliphatic heterocycles. The lowest BCUT2D eigenvalue weighted by Gasteiger charge is -2.49. The minimum absolute atomic E-state index is 0.0620. The number of nitrogens with zero attached hydrogens (tertiary/aromatic N) is 1. The Labute approximate surface area is 263 Å². The van der Waals surface area contributed by atoms with E-state index >= 15 is 0 Å². The van der Waals surface area contributed by atoms with Gasteiger partial charge in [0.05, 0.1) is 0 Å². The van der Waals surface area contributed by atoms with Gasteiger partial charge in [0, 0.05) is 45.4 Å². The zero-order chi connectivity index (χ0) is 31.3. The highest BCUT2D eigenvalue weighted by Gasteiger charge is 2.54. The minimum Gasteiger partial charge on any atom is -0.484 e. The van der Waals surface area contributed by atoms with Crippen molar-refractivity contribution in [3.8, 4) is 17.0 Å². The van der Waals surface area contributed by atoms with E-state index in [-0.39, 0.29) is 18.9 Å². The molecular weight excluding hydrogens is 606 g/mol. The van der Waals surface area contributed by atoms with Gasteiger partial charge in [-0.2, -0.15) is 0 Å². The van der Waals surface area contributed by atoms with Crippen LogP contribution >= 0.6 is 23.4 Å². The molecule has 1 fully saturated rings. The van der Waals surface area contributed by atoms with E-state index in [2.05, 4.69) is 10.3 Å². The normalized spacial score (nSPS) is 19.0. The molecule has 1 aliphatic carbocycles. The molecule has 1 saturated heterocycles. The number of aromatic amines is 1. The zero-order valence-electron chi connectivity index (χ0n) is 24.7. The minimum atomic E-state index is -0.832. The molecular formula is C32H32ClN3O7S. The van der Waals surface area contributed by atoms with E-state index in [0.717, 1.165) is 40.6 Å². The highest BCUT2D eigenvalue weighted by atomic mass is 35.5. The summed E-state index contributed by atoms with van der Waals surface area (Å²) >= 11 is 7.61. The first-order valence-corrected chi connectivity index (χ1v) is 15.7. The number of amides is 2. The molecule has 3 aromatic rings. The number of carbonyl (C=O) groups excluding carboxylic acids is 4. The summed E-state index contributed by atoms with van der Waals surface area (Å²) in [5, 5.41) is 4.08. The summed E-state index contributed by atoms with van der Waals surface area (Å²) in [6.45, 7) is 6.05. The van der Waals surface area contributed by atoms with Crippen molar-refractivity contribution >= 4 is 58.0 Å². The summed E-state index contributed by atoms with van der Waals surface area (Å²) in [5.41, 5.74) is 5.30. The second kappa shape index (κ2) is 11.5. The van der Waals surface area contributed by atoms with E-state index in [1.54, 1.807) is 20.8 Å². The number of aryl methyl sites for hydroxylation is 2. The van der Waals surface area contributed by atoms with Crippen molar-refractivity contribution in [2.24, 2.45) is 0 Å². The number of ether oxygens (including phenoxy) is 3. The maximum Gasteiger partial charge on any atom is 0.355 e. The third-order valence-electron chi connectivity index (χ3n) is 7.63. The van der Waals surface area contributed by atoms with E-state index in [1.807, 2.05) is 36.4 Å². The van der Waals surface area contributed by atoms with Gasteiger partial charge in [0.15, 0.2) is 6.61 Å². The van der Waals surface area contributed by atoms with Gasteiger partial charge >= 0.3 is 11.9 Å². The molecule has 12 heteroatoms.